The largest absolute Gasteiger partial charge is 0.433 e. The number of halogens is 3. The van der Waals surface area contributed by atoms with Crippen LogP contribution < -0.4 is 5.32 Å². The predicted octanol–water partition coefficient (Wildman–Crippen LogP) is 5.49. The summed E-state index contributed by atoms with van der Waals surface area (Å²) in [6.45, 7) is 1.81. The molecule has 0 spiro atoms. The van der Waals surface area contributed by atoms with Gasteiger partial charge in [-0.05, 0) is 37.5 Å². The minimum Gasteiger partial charge on any atom is -0.310 e. The van der Waals surface area contributed by atoms with Gasteiger partial charge >= 0.3 is 6.18 Å². The molecule has 5 rings (SSSR count). The smallest absolute Gasteiger partial charge is 0.310 e. The van der Waals surface area contributed by atoms with Crippen molar-refractivity contribution in [2.45, 2.75) is 31.1 Å². The highest BCUT2D eigenvalue weighted by molar-refractivity contribution is 7.99. The SMILES string of the molecule is Cc1cc(NC(=O)CSc2nc3c(c(C(F)(F)F)n2)CCc2ccccc2-3)n(-c2ccccc2)n1. The molecule has 0 aliphatic heterocycles. The number of carbonyl (C=O) groups excluding carboxylic acids is 1. The van der Waals surface area contributed by atoms with Crippen molar-refractivity contribution in [3.05, 3.63) is 83.2 Å². The summed E-state index contributed by atoms with van der Waals surface area (Å²) < 4.78 is 43.1. The van der Waals surface area contributed by atoms with Gasteiger partial charge in [-0.2, -0.15) is 18.3 Å². The highest BCUT2D eigenvalue weighted by Crippen LogP contribution is 2.40. The molecule has 1 aliphatic rings. The van der Waals surface area contributed by atoms with Crippen molar-refractivity contribution in [1.29, 1.82) is 0 Å². The second-order valence-corrected chi connectivity index (χ2v) is 9.03. The summed E-state index contributed by atoms with van der Waals surface area (Å²) in [7, 11) is 0. The molecule has 0 saturated carbocycles. The van der Waals surface area contributed by atoms with Crippen molar-refractivity contribution in [3.8, 4) is 16.9 Å². The van der Waals surface area contributed by atoms with Crippen LogP contribution in [0.1, 0.15) is 22.5 Å². The molecule has 1 amide bonds. The Hall–Kier alpha value is -3.66. The van der Waals surface area contributed by atoms with E-state index < -0.39 is 17.8 Å². The maximum atomic E-state index is 13.8. The Balaban J connectivity index is 1.39. The van der Waals surface area contributed by atoms with Crippen LogP contribution in [0.5, 0.6) is 0 Å². The minimum atomic E-state index is -4.61. The summed E-state index contributed by atoms with van der Waals surface area (Å²) in [5, 5.41) is 7.10. The number of anilines is 1. The van der Waals surface area contributed by atoms with Crippen molar-refractivity contribution in [3.63, 3.8) is 0 Å². The lowest BCUT2D eigenvalue weighted by atomic mass is 9.88. The van der Waals surface area contributed by atoms with E-state index in [1.807, 2.05) is 42.5 Å². The monoisotopic (exact) mass is 495 g/mol. The molecule has 0 atom stereocenters. The van der Waals surface area contributed by atoms with Gasteiger partial charge in [0.1, 0.15) is 5.82 Å². The van der Waals surface area contributed by atoms with Crippen LogP contribution in [0.15, 0.2) is 65.8 Å². The van der Waals surface area contributed by atoms with Crippen LogP contribution in [-0.4, -0.2) is 31.4 Å². The normalized spacial score (nSPS) is 12.7. The number of benzene rings is 2. The van der Waals surface area contributed by atoms with Gasteiger partial charge in [-0.25, -0.2) is 14.6 Å². The fourth-order valence-corrected chi connectivity index (χ4v) is 4.76. The van der Waals surface area contributed by atoms with E-state index in [1.54, 1.807) is 29.8 Å². The zero-order chi connectivity index (χ0) is 24.6. The van der Waals surface area contributed by atoms with Gasteiger partial charge in [0.25, 0.3) is 0 Å². The molecule has 2 aromatic carbocycles. The number of carbonyl (C=O) groups is 1. The van der Waals surface area contributed by atoms with Gasteiger partial charge in [-0.15, -0.1) is 0 Å². The van der Waals surface area contributed by atoms with Crippen molar-refractivity contribution >= 4 is 23.5 Å². The number of alkyl halides is 3. The molecule has 0 bridgehead atoms. The van der Waals surface area contributed by atoms with Crippen molar-refractivity contribution in [1.82, 2.24) is 19.7 Å². The van der Waals surface area contributed by atoms with Crippen molar-refractivity contribution in [2.24, 2.45) is 0 Å². The number of hydrogen-bond donors (Lipinski definition) is 1. The first kappa shape index (κ1) is 23.1. The number of nitrogens with one attached hydrogen (secondary N) is 1. The van der Waals surface area contributed by atoms with E-state index in [0.29, 0.717) is 23.5 Å². The summed E-state index contributed by atoms with van der Waals surface area (Å²) >= 11 is 0.870. The number of hydrogen-bond acceptors (Lipinski definition) is 5. The predicted molar refractivity (Wildman–Crippen MR) is 128 cm³/mol. The summed E-state index contributed by atoms with van der Waals surface area (Å²) in [4.78, 5) is 20.9. The van der Waals surface area contributed by atoms with E-state index in [9.17, 15) is 18.0 Å². The molecule has 10 heteroatoms. The third kappa shape index (κ3) is 4.79. The third-order valence-electron chi connectivity index (χ3n) is 5.60. The first-order chi connectivity index (χ1) is 16.8. The number of rotatable bonds is 5. The average Bonchev–Trinajstić information content (AvgIpc) is 3.21. The van der Waals surface area contributed by atoms with E-state index in [0.717, 1.165) is 23.0 Å². The minimum absolute atomic E-state index is 0.0873. The summed E-state index contributed by atoms with van der Waals surface area (Å²) in [6.07, 6.45) is -3.90. The lowest BCUT2D eigenvalue weighted by molar-refractivity contribution is -0.142. The Morgan fingerprint density at radius 1 is 1.06 bits per heavy atom. The molecule has 0 unspecified atom stereocenters. The number of fused-ring (bicyclic) bond motifs is 3. The van der Waals surface area contributed by atoms with E-state index in [1.165, 1.54) is 0 Å². The van der Waals surface area contributed by atoms with Gasteiger partial charge in [0.2, 0.25) is 5.91 Å². The zero-order valence-electron chi connectivity index (χ0n) is 18.6. The van der Waals surface area contributed by atoms with Crippen LogP contribution in [0.4, 0.5) is 19.0 Å². The Kier molecular flexibility index (Phi) is 6.06. The summed E-state index contributed by atoms with van der Waals surface area (Å²) in [5.74, 6) is -0.0885. The number of thioether (sulfide) groups is 1. The van der Waals surface area contributed by atoms with E-state index in [4.69, 9.17) is 0 Å². The van der Waals surface area contributed by atoms with Crippen LogP contribution in [0, 0.1) is 6.92 Å². The maximum Gasteiger partial charge on any atom is 0.433 e. The molecular formula is C25H20F3N5OS. The van der Waals surface area contributed by atoms with Crippen LogP contribution in [0.3, 0.4) is 0 Å². The first-order valence-corrected chi connectivity index (χ1v) is 11.9. The maximum absolute atomic E-state index is 13.8. The van der Waals surface area contributed by atoms with Crippen LogP contribution in [0.2, 0.25) is 0 Å². The Morgan fingerprint density at radius 3 is 2.57 bits per heavy atom. The standard InChI is InChI=1S/C25H20F3N5OS/c1-15-13-20(33(32-15)17-8-3-2-4-9-17)29-21(34)14-35-24-30-22-18-10-6-5-7-16(18)11-12-19(22)23(31-24)25(26,27)28/h2-10,13H,11-12,14H2,1H3,(H,29,34). The molecule has 1 aliphatic carbocycles. The molecule has 0 saturated heterocycles. The van der Waals surface area contributed by atoms with E-state index in [2.05, 4.69) is 20.4 Å². The zero-order valence-corrected chi connectivity index (χ0v) is 19.5. The Morgan fingerprint density at radius 2 is 1.80 bits per heavy atom. The average molecular weight is 496 g/mol. The molecule has 0 radical (unpaired) electrons. The molecule has 0 fully saturated rings. The molecule has 1 N–H and O–H groups in total. The van der Waals surface area contributed by atoms with Gasteiger partial charge in [0.15, 0.2) is 10.9 Å². The topological polar surface area (TPSA) is 72.7 Å². The third-order valence-corrected chi connectivity index (χ3v) is 6.45. The highest BCUT2D eigenvalue weighted by Gasteiger charge is 2.38. The van der Waals surface area contributed by atoms with Gasteiger partial charge < -0.3 is 5.32 Å². The van der Waals surface area contributed by atoms with Crippen LogP contribution in [-0.2, 0) is 23.8 Å². The Labute approximate surface area is 203 Å². The molecule has 6 nitrogen and oxygen atoms in total. The van der Waals surface area contributed by atoms with Crippen molar-refractivity contribution in [2.75, 3.05) is 11.1 Å². The Bertz CT molecular complexity index is 1400. The lowest BCUT2D eigenvalue weighted by Crippen LogP contribution is -2.20. The van der Waals surface area contributed by atoms with Gasteiger partial charge in [0, 0.05) is 17.2 Å². The first-order valence-electron chi connectivity index (χ1n) is 10.9. The van der Waals surface area contributed by atoms with Gasteiger partial charge in [-0.1, -0.05) is 54.2 Å². The van der Waals surface area contributed by atoms with Crippen LogP contribution in [0.25, 0.3) is 16.9 Å². The lowest BCUT2D eigenvalue weighted by Gasteiger charge is -2.22. The number of nitrogens with zero attached hydrogens (tertiary/aromatic N) is 4. The second-order valence-electron chi connectivity index (χ2n) is 8.09. The van der Waals surface area contributed by atoms with Gasteiger partial charge in [0.05, 0.1) is 22.8 Å². The van der Waals surface area contributed by atoms with E-state index >= 15 is 0 Å². The fourth-order valence-electron chi connectivity index (χ4n) is 4.11. The molecule has 35 heavy (non-hydrogen) atoms. The number of aryl methyl sites for hydroxylation is 2. The molecular weight excluding hydrogens is 475 g/mol. The molecule has 2 aromatic heterocycles. The fraction of sp³-hybridized carbons (Fsp3) is 0.200. The van der Waals surface area contributed by atoms with Gasteiger partial charge in [-0.3, -0.25) is 4.79 Å². The quantitative estimate of drug-likeness (QED) is 0.293. The number of para-hydroxylation sites is 1. The van der Waals surface area contributed by atoms with E-state index in [-0.39, 0.29) is 28.6 Å². The number of amides is 1. The van der Waals surface area contributed by atoms with Crippen molar-refractivity contribution < 1.29 is 18.0 Å². The molecule has 2 heterocycles. The molecule has 4 aromatic rings. The second kappa shape index (κ2) is 9.18. The summed E-state index contributed by atoms with van der Waals surface area (Å²) in [5.41, 5.74) is 2.57. The summed E-state index contributed by atoms with van der Waals surface area (Å²) in [6, 6.07) is 18.3. The highest BCUT2D eigenvalue weighted by atomic mass is 32.2. The number of aromatic nitrogens is 4. The van der Waals surface area contributed by atoms with Crippen LogP contribution >= 0.6 is 11.8 Å². The molecule has 178 valence electrons.